The van der Waals surface area contributed by atoms with Crippen LogP contribution >= 0.6 is 0 Å². The molecule has 0 N–H and O–H groups in total. The van der Waals surface area contributed by atoms with E-state index in [0.29, 0.717) is 6.67 Å². The van der Waals surface area contributed by atoms with E-state index in [2.05, 4.69) is 9.98 Å². The van der Waals surface area contributed by atoms with Crippen molar-refractivity contribution in [2.45, 2.75) is 0 Å². The van der Waals surface area contributed by atoms with Gasteiger partial charge in [0.05, 0.1) is 0 Å². The highest BCUT2D eigenvalue weighted by Crippen LogP contribution is 1.87. The number of hydrogen-bond acceptors (Lipinski definition) is 2. The lowest BCUT2D eigenvalue weighted by Crippen LogP contribution is -2.08. The van der Waals surface area contributed by atoms with Gasteiger partial charge < -0.3 is 0 Å². The van der Waals surface area contributed by atoms with E-state index in [0.717, 1.165) is 11.2 Å². The first kappa shape index (κ1) is 4.62. The highest BCUT2D eigenvalue weighted by Gasteiger charge is 1.98. The molecule has 0 aromatic rings. The summed E-state index contributed by atoms with van der Waals surface area (Å²) in [6.45, 7) is 0.650. The predicted octanol–water partition coefficient (Wildman–Crippen LogP) is -1.98. The maximum atomic E-state index is 4.03. The molecular formula is C3H6B2N2. The highest BCUT2D eigenvalue weighted by atomic mass is 15.0. The van der Waals surface area contributed by atoms with Gasteiger partial charge in [0.1, 0.15) is 6.67 Å². The maximum Gasteiger partial charge on any atom is 0.164 e. The highest BCUT2D eigenvalue weighted by molar-refractivity contribution is 6.96. The molecule has 1 aliphatic heterocycles. The molecule has 0 saturated carbocycles. The molecule has 0 saturated heterocycles. The second-order valence-electron chi connectivity index (χ2n) is 1.63. The largest absolute Gasteiger partial charge is 0.276 e. The third-order valence-corrected chi connectivity index (χ3v) is 1.14. The summed E-state index contributed by atoms with van der Waals surface area (Å²) in [5.41, 5.74) is 2.17. The fourth-order valence-electron chi connectivity index (χ4n) is 0.476. The zero-order chi connectivity index (χ0) is 5.28. The van der Waals surface area contributed by atoms with Gasteiger partial charge in [0.2, 0.25) is 0 Å². The van der Waals surface area contributed by atoms with Gasteiger partial charge in [-0.15, -0.1) is 0 Å². The third-order valence-electron chi connectivity index (χ3n) is 1.14. The Balaban J connectivity index is 2.78. The molecule has 2 nitrogen and oxygen atoms in total. The number of nitrogens with zero attached hydrogens (tertiary/aromatic N) is 2. The van der Waals surface area contributed by atoms with Crippen LogP contribution < -0.4 is 0 Å². The zero-order valence-corrected chi connectivity index (χ0v) is 4.60. The van der Waals surface area contributed by atoms with E-state index < -0.39 is 0 Å². The van der Waals surface area contributed by atoms with Crippen molar-refractivity contribution in [1.29, 1.82) is 0 Å². The monoisotopic (exact) mass is 92.1 g/mol. The molecule has 0 aromatic heterocycles. The molecule has 0 radical (unpaired) electrons. The molecule has 0 spiro atoms. The van der Waals surface area contributed by atoms with Crippen LogP contribution in [0.4, 0.5) is 0 Å². The van der Waals surface area contributed by atoms with Gasteiger partial charge in [-0.25, -0.2) is 0 Å². The summed E-state index contributed by atoms with van der Waals surface area (Å²) >= 11 is 0. The van der Waals surface area contributed by atoms with E-state index in [9.17, 15) is 0 Å². The average Bonchev–Trinajstić information content (AvgIpc) is 1.91. The lowest BCUT2D eigenvalue weighted by atomic mass is 9.85. The third kappa shape index (κ3) is 0.734. The normalized spacial score (nSPS) is 18.9. The van der Waals surface area contributed by atoms with Crippen LogP contribution in [0.3, 0.4) is 0 Å². The smallest absolute Gasteiger partial charge is 0.164 e. The van der Waals surface area contributed by atoms with Crippen LogP contribution in [0.5, 0.6) is 0 Å². The van der Waals surface area contributed by atoms with Crippen LogP contribution in [0.15, 0.2) is 9.98 Å². The standard InChI is InChI=1S/C3H6B2N2/c4-2-3(5)7-1-6-2/h1,4-5H2. The minimum Gasteiger partial charge on any atom is -0.276 e. The fraction of sp³-hybridized carbons (Fsp3) is 0.333. The van der Waals surface area contributed by atoms with Crippen LogP contribution in [0.2, 0.25) is 0 Å². The Labute approximate surface area is 44.6 Å². The predicted molar refractivity (Wildman–Crippen MR) is 36.8 cm³/mol. The van der Waals surface area contributed by atoms with Gasteiger partial charge in [-0.3, -0.25) is 9.98 Å². The Bertz CT molecular complexity index is 122. The van der Waals surface area contributed by atoms with E-state index in [1.54, 1.807) is 0 Å². The quantitative estimate of drug-likeness (QED) is 0.309. The van der Waals surface area contributed by atoms with Crippen LogP contribution in [0, 0.1) is 0 Å². The Kier molecular flexibility index (Phi) is 1.01. The van der Waals surface area contributed by atoms with Crippen molar-refractivity contribution in [2.24, 2.45) is 9.98 Å². The van der Waals surface area contributed by atoms with Crippen molar-refractivity contribution in [3.05, 3.63) is 0 Å². The van der Waals surface area contributed by atoms with Gasteiger partial charge in [-0.1, -0.05) is 0 Å². The average molecular weight is 91.7 g/mol. The molecule has 4 heteroatoms. The molecule has 7 heavy (non-hydrogen) atoms. The molecule has 0 amide bonds. The summed E-state index contributed by atoms with van der Waals surface area (Å²) < 4.78 is 0. The van der Waals surface area contributed by atoms with Crippen molar-refractivity contribution in [3.63, 3.8) is 0 Å². The molecular weight excluding hydrogens is 85.7 g/mol. The molecule has 0 aliphatic carbocycles. The topological polar surface area (TPSA) is 24.7 Å². The first-order chi connectivity index (χ1) is 3.30. The van der Waals surface area contributed by atoms with Gasteiger partial charge >= 0.3 is 0 Å². The Hall–Kier alpha value is -0.530. The minimum atomic E-state index is 0.650. The van der Waals surface area contributed by atoms with Gasteiger partial charge in [-0.2, -0.15) is 0 Å². The Morgan fingerprint density at radius 1 is 1.14 bits per heavy atom. The molecule has 1 rings (SSSR count). The molecule has 34 valence electrons. The second kappa shape index (κ2) is 1.52. The molecule has 1 aliphatic rings. The van der Waals surface area contributed by atoms with Crippen molar-refractivity contribution >= 4 is 26.9 Å². The maximum absolute atomic E-state index is 4.03. The van der Waals surface area contributed by atoms with E-state index >= 15 is 0 Å². The minimum absolute atomic E-state index is 0.650. The fourth-order valence-corrected chi connectivity index (χ4v) is 0.476. The van der Waals surface area contributed by atoms with Crippen molar-refractivity contribution < 1.29 is 0 Å². The second-order valence-corrected chi connectivity index (χ2v) is 1.63. The van der Waals surface area contributed by atoms with Crippen LogP contribution in [-0.2, 0) is 0 Å². The number of rotatable bonds is 0. The SMILES string of the molecule is BC1=NCN=C1B. The van der Waals surface area contributed by atoms with E-state index in [1.165, 1.54) is 0 Å². The van der Waals surface area contributed by atoms with E-state index in [4.69, 9.17) is 0 Å². The molecule has 0 unspecified atom stereocenters. The first-order valence-electron chi connectivity index (χ1n) is 2.33. The van der Waals surface area contributed by atoms with Crippen LogP contribution in [0.1, 0.15) is 0 Å². The van der Waals surface area contributed by atoms with Gasteiger partial charge in [0.15, 0.2) is 15.7 Å². The zero-order valence-electron chi connectivity index (χ0n) is 4.60. The van der Waals surface area contributed by atoms with Gasteiger partial charge in [0.25, 0.3) is 0 Å². The van der Waals surface area contributed by atoms with E-state index in [-0.39, 0.29) is 0 Å². The van der Waals surface area contributed by atoms with Crippen molar-refractivity contribution in [3.8, 4) is 0 Å². The number of aliphatic imine (C=N–C) groups is 2. The lowest BCUT2D eigenvalue weighted by Gasteiger charge is -1.82. The number of hydrogen-bond donors (Lipinski definition) is 0. The van der Waals surface area contributed by atoms with E-state index in [1.807, 2.05) is 15.7 Å². The Morgan fingerprint density at radius 3 is 1.71 bits per heavy atom. The molecule has 0 atom stereocenters. The summed E-state index contributed by atoms with van der Waals surface area (Å²) in [6.07, 6.45) is 0. The summed E-state index contributed by atoms with van der Waals surface area (Å²) in [7, 11) is 3.96. The lowest BCUT2D eigenvalue weighted by molar-refractivity contribution is 1.11. The summed E-state index contributed by atoms with van der Waals surface area (Å²) in [4.78, 5) is 8.06. The Morgan fingerprint density at radius 2 is 1.57 bits per heavy atom. The summed E-state index contributed by atoms with van der Waals surface area (Å²) in [5, 5.41) is 0. The molecule has 1 heterocycles. The molecule has 0 aromatic carbocycles. The summed E-state index contributed by atoms with van der Waals surface area (Å²) in [6, 6.07) is 0. The van der Waals surface area contributed by atoms with Crippen molar-refractivity contribution in [2.75, 3.05) is 6.67 Å². The summed E-state index contributed by atoms with van der Waals surface area (Å²) in [5.74, 6) is 0. The van der Waals surface area contributed by atoms with Gasteiger partial charge in [0, 0.05) is 11.2 Å². The first-order valence-corrected chi connectivity index (χ1v) is 2.33. The van der Waals surface area contributed by atoms with Crippen molar-refractivity contribution in [1.82, 2.24) is 0 Å². The van der Waals surface area contributed by atoms with Crippen LogP contribution in [0.25, 0.3) is 0 Å². The molecule has 0 fully saturated rings. The molecule has 0 bridgehead atoms. The van der Waals surface area contributed by atoms with Gasteiger partial charge in [-0.05, 0) is 0 Å². The van der Waals surface area contributed by atoms with Crippen LogP contribution in [-0.4, -0.2) is 33.6 Å².